The van der Waals surface area contributed by atoms with Gasteiger partial charge >= 0.3 is 5.97 Å². The Labute approximate surface area is 186 Å². The summed E-state index contributed by atoms with van der Waals surface area (Å²) in [6.45, 7) is 3.98. The van der Waals surface area contributed by atoms with Crippen LogP contribution in [0.3, 0.4) is 0 Å². The number of thiocarbonyl (C=S) groups is 1. The van der Waals surface area contributed by atoms with Crippen molar-refractivity contribution in [2.24, 2.45) is 0 Å². The molecule has 1 aliphatic heterocycles. The van der Waals surface area contributed by atoms with Gasteiger partial charge in [-0.1, -0.05) is 35.9 Å². The number of likely N-dealkylation sites (tertiary alicyclic amines) is 1. The zero-order valence-electron chi connectivity index (χ0n) is 16.7. The number of carbonyl (C=O) groups is 2. The van der Waals surface area contributed by atoms with Gasteiger partial charge in [0, 0.05) is 31.7 Å². The fourth-order valence-corrected chi connectivity index (χ4v) is 3.73. The van der Waals surface area contributed by atoms with Gasteiger partial charge in [0.15, 0.2) is 5.11 Å². The second kappa shape index (κ2) is 10.4. The molecule has 158 valence electrons. The van der Waals surface area contributed by atoms with E-state index >= 15 is 0 Å². The minimum absolute atomic E-state index is 0.207. The third kappa shape index (κ3) is 5.70. The zero-order chi connectivity index (χ0) is 21.5. The number of benzene rings is 2. The molecule has 6 nitrogen and oxygen atoms in total. The van der Waals surface area contributed by atoms with Crippen LogP contribution in [-0.2, 0) is 22.6 Å². The molecule has 0 unspecified atom stereocenters. The average molecular weight is 446 g/mol. The predicted octanol–water partition coefficient (Wildman–Crippen LogP) is 4.13. The van der Waals surface area contributed by atoms with E-state index in [1.807, 2.05) is 29.2 Å². The van der Waals surface area contributed by atoms with Gasteiger partial charge in [-0.25, -0.2) is 4.79 Å². The van der Waals surface area contributed by atoms with Gasteiger partial charge in [0.25, 0.3) is 0 Å². The van der Waals surface area contributed by atoms with Crippen molar-refractivity contribution in [2.75, 3.05) is 18.5 Å². The molecule has 30 heavy (non-hydrogen) atoms. The summed E-state index contributed by atoms with van der Waals surface area (Å²) in [7, 11) is 0. The summed E-state index contributed by atoms with van der Waals surface area (Å²) in [6.07, 6.45) is 1.55. The number of rotatable bonds is 7. The lowest BCUT2D eigenvalue weighted by atomic mass is 10.1. The van der Waals surface area contributed by atoms with Crippen LogP contribution in [0.4, 0.5) is 5.69 Å². The molecule has 0 bridgehead atoms. The van der Waals surface area contributed by atoms with Crippen molar-refractivity contribution in [3.8, 4) is 0 Å². The molecule has 1 heterocycles. The lowest BCUT2D eigenvalue weighted by molar-refractivity contribution is -0.128. The van der Waals surface area contributed by atoms with Crippen LogP contribution in [0, 0.1) is 0 Å². The average Bonchev–Trinajstić information content (AvgIpc) is 3.12. The van der Waals surface area contributed by atoms with Gasteiger partial charge < -0.3 is 20.3 Å². The maximum absolute atomic E-state index is 11.9. The number of nitrogens with one attached hydrogen (secondary N) is 2. The molecule has 0 radical (unpaired) electrons. The molecule has 1 aliphatic rings. The van der Waals surface area contributed by atoms with Crippen molar-refractivity contribution in [3.63, 3.8) is 0 Å². The molecular formula is C22H24ClN3O3S. The van der Waals surface area contributed by atoms with Crippen LogP contribution in [0.15, 0.2) is 42.5 Å². The van der Waals surface area contributed by atoms with Gasteiger partial charge in [-0.05, 0) is 54.9 Å². The van der Waals surface area contributed by atoms with E-state index in [1.54, 1.807) is 25.1 Å². The summed E-state index contributed by atoms with van der Waals surface area (Å²) in [5, 5.41) is 6.98. The largest absolute Gasteiger partial charge is 0.462 e. The van der Waals surface area contributed by atoms with Crippen LogP contribution in [0.25, 0.3) is 0 Å². The standard InChI is InChI=1S/C22H24ClN3O3S/c1-2-29-21(28)18-10-9-17(12-19(18)23)25-22(30)24-13-15-6-3-4-7-16(15)14-26-11-5-8-20(26)27/h3-4,6-7,9-10,12H,2,5,8,11,13-14H2,1H3,(H2,24,25,30). The number of hydrogen-bond donors (Lipinski definition) is 2. The highest BCUT2D eigenvalue weighted by molar-refractivity contribution is 7.80. The van der Waals surface area contributed by atoms with E-state index in [0.717, 1.165) is 24.1 Å². The van der Waals surface area contributed by atoms with Crippen LogP contribution in [0.5, 0.6) is 0 Å². The maximum Gasteiger partial charge on any atom is 0.339 e. The van der Waals surface area contributed by atoms with Gasteiger partial charge in [0.2, 0.25) is 5.91 Å². The van der Waals surface area contributed by atoms with Gasteiger partial charge in [0.1, 0.15) is 0 Å². The van der Waals surface area contributed by atoms with E-state index in [1.165, 1.54) is 0 Å². The molecule has 1 saturated heterocycles. The first-order valence-electron chi connectivity index (χ1n) is 9.84. The SMILES string of the molecule is CCOC(=O)c1ccc(NC(=S)NCc2ccccc2CN2CCCC2=O)cc1Cl. The molecule has 1 amide bonds. The third-order valence-electron chi connectivity index (χ3n) is 4.81. The highest BCUT2D eigenvalue weighted by atomic mass is 35.5. The fourth-order valence-electron chi connectivity index (χ4n) is 3.28. The monoisotopic (exact) mass is 445 g/mol. The Bertz CT molecular complexity index is 951. The normalized spacial score (nSPS) is 13.3. The number of carbonyl (C=O) groups excluding carboxylic acids is 2. The number of amides is 1. The summed E-state index contributed by atoms with van der Waals surface area (Å²) < 4.78 is 4.98. The lowest BCUT2D eigenvalue weighted by Crippen LogP contribution is -2.29. The number of halogens is 1. The smallest absolute Gasteiger partial charge is 0.339 e. The second-order valence-corrected chi connectivity index (χ2v) is 7.73. The Morgan fingerprint density at radius 1 is 1.23 bits per heavy atom. The Kier molecular flexibility index (Phi) is 7.65. The molecular weight excluding hydrogens is 422 g/mol. The highest BCUT2D eigenvalue weighted by Crippen LogP contribution is 2.22. The molecule has 3 rings (SSSR count). The molecule has 0 spiro atoms. The van der Waals surface area contributed by atoms with Crippen LogP contribution < -0.4 is 10.6 Å². The summed E-state index contributed by atoms with van der Waals surface area (Å²) in [5.74, 6) is -0.249. The molecule has 0 atom stereocenters. The molecule has 1 fully saturated rings. The summed E-state index contributed by atoms with van der Waals surface area (Å²) in [4.78, 5) is 25.7. The van der Waals surface area contributed by atoms with E-state index in [9.17, 15) is 9.59 Å². The molecule has 0 aliphatic carbocycles. The Morgan fingerprint density at radius 2 is 2.00 bits per heavy atom. The summed E-state index contributed by atoms with van der Waals surface area (Å²) >= 11 is 11.6. The fraction of sp³-hybridized carbons (Fsp3) is 0.318. The Hall–Kier alpha value is -2.64. The minimum atomic E-state index is -0.456. The predicted molar refractivity (Wildman–Crippen MR) is 122 cm³/mol. The molecule has 2 N–H and O–H groups in total. The van der Waals surface area contributed by atoms with Crippen LogP contribution in [-0.4, -0.2) is 35.0 Å². The maximum atomic E-state index is 11.9. The van der Waals surface area contributed by atoms with Gasteiger partial charge in [-0.2, -0.15) is 0 Å². The van der Waals surface area contributed by atoms with Crippen molar-refractivity contribution in [2.45, 2.75) is 32.9 Å². The van der Waals surface area contributed by atoms with Crippen molar-refractivity contribution in [1.82, 2.24) is 10.2 Å². The van der Waals surface area contributed by atoms with E-state index in [4.69, 9.17) is 28.6 Å². The first kappa shape index (κ1) is 22.1. The summed E-state index contributed by atoms with van der Waals surface area (Å²) in [5.41, 5.74) is 3.16. The zero-order valence-corrected chi connectivity index (χ0v) is 18.3. The van der Waals surface area contributed by atoms with E-state index in [0.29, 0.717) is 40.9 Å². The van der Waals surface area contributed by atoms with Crippen molar-refractivity contribution < 1.29 is 14.3 Å². The Balaban J connectivity index is 1.58. The second-order valence-electron chi connectivity index (χ2n) is 6.91. The Morgan fingerprint density at radius 3 is 2.67 bits per heavy atom. The van der Waals surface area contributed by atoms with Crippen LogP contribution >= 0.6 is 23.8 Å². The topological polar surface area (TPSA) is 70.7 Å². The third-order valence-corrected chi connectivity index (χ3v) is 5.37. The summed E-state index contributed by atoms with van der Waals surface area (Å²) in [6, 6.07) is 13.0. The van der Waals surface area contributed by atoms with Crippen molar-refractivity contribution in [1.29, 1.82) is 0 Å². The van der Waals surface area contributed by atoms with Gasteiger partial charge in [0.05, 0.1) is 17.2 Å². The molecule has 8 heteroatoms. The highest BCUT2D eigenvalue weighted by Gasteiger charge is 2.20. The van der Waals surface area contributed by atoms with Gasteiger partial charge in [-0.3, -0.25) is 4.79 Å². The quantitative estimate of drug-likeness (QED) is 0.493. The number of hydrogen-bond acceptors (Lipinski definition) is 4. The lowest BCUT2D eigenvalue weighted by Gasteiger charge is -2.19. The van der Waals surface area contributed by atoms with E-state index < -0.39 is 5.97 Å². The first-order valence-corrected chi connectivity index (χ1v) is 10.6. The minimum Gasteiger partial charge on any atom is -0.462 e. The van der Waals surface area contributed by atoms with E-state index in [2.05, 4.69) is 10.6 Å². The van der Waals surface area contributed by atoms with Crippen LogP contribution in [0.2, 0.25) is 5.02 Å². The van der Waals surface area contributed by atoms with Crippen LogP contribution in [0.1, 0.15) is 41.3 Å². The number of anilines is 1. The molecule has 0 aromatic heterocycles. The van der Waals surface area contributed by atoms with Gasteiger partial charge in [-0.15, -0.1) is 0 Å². The van der Waals surface area contributed by atoms with Crippen molar-refractivity contribution >= 4 is 46.5 Å². The number of nitrogens with zero attached hydrogens (tertiary/aromatic N) is 1. The van der Waals surface area contributed by atoms with Crippen molar-refractivity contribution in [3.05, 3.63) is 64.2 Å². The first-order chi connectivity index (χ1) is 14.5. The molecule has 2 aromatic rings. The molecule has 2 aromatic carbocycles. The van der Waals surface area contributed by atoms with E-state index in [-0.39, 0.29) is 12.5 Å². The number of esters is 1. The number of ether oxygens (including phenoxy) is 1. The molecule has 0 saturated carbocycles.